The molecule has 1 amide bonds. The molecule has 0 atom stereocenters. The number of hydrogen-bond acceptors (Lipinski definition) is 3. The fraction of sp³-hybridized carbons (Fsp3) is 0.125. The predicted octanol–water partition coefficient (Wildman–Crippen LogP) is 4.08. The number of nitrogens with zero attached hydrogens (tertiary/aromatic N) is 1. The van der Waals surface area contributed by atoms with Crippen molar-refractivity contribution in [1.82, 2.24) is 0 Å². The Morgan fingerprint density at radius 1 is 1.24 bits per heavy atom. The lowest BCUT2D eigenvalue weighted by atomic mass is 10.2. The number of hydrogen-bond donors (Lipinski definition) is 1. The highest BCUT2D eigenvalue weighted by atomic mass is 35.5. The number of benzene rings is 2. The number of halogens is 1. The second kappa shape index (κ2) is 7.72. The van der Waals surface area contributed by atoms with Crippen molar-refractivity contribution in [3.05, 3.63) is 64.7 Å². The third-order valence-electron chi connectivity index (χ3n) is 2.72. The van der Waals surface area contributed by atoms with E-state index in [9.17, 15) is 4.79 Å². The molecule has 106 valence electrons. The lowest BCUT2D eigenvalue weighted by molar-refractivity contribution is -0.113. The molecule has 0 aliphatic carbocycles. The van der Waals surface area contributed by atoms with Crippen molar-refractivity contribution in [1.29, 1.82) is 5.26 Å². The topological polar surface area (TPSA) is 52.9 Å². The van der Waals surface area contributed by atoms with Gasteiger partial charge in [-0.15, -0.1) is 11.8 Å². The zero-order chi connectivity index (χ0) is 15.1. The molecule has 1 N–H and O–H groups in total. The first kappa shape index (κ1) is 15.4. The van der Waals surface area contributed by atoms with Gasteiger partial charge in [-0.2, -0.15) is 5.26 Å². The van der Waals surface area contributed by atoms with Crippen molar-refractivity contribution >= 4 is 35.0 Å². The summed E-state index contributed by atoms with van der Waals surface area (Å²) in [6.07, 6.45) is 0. The van der Waals surface area contributed by atoms with E-state index in [0.717, 1.165) is 5.56 Å². The maximum Gasteiger partial charge on any atom is 0.234 e. The Kier molecular flexibility index (Phi) is 5.68. The zero-order valence-electron chi connectivity index (χ0n) is 11.2. The number of nitrogens with one attached hydrogen (secondary N) is 1. The van der Waals surface area contributed by atoms with Gasteiger partial charge >= 0.3 is 0 Å². The average Bonchev–Trinajstić information content (AvgIpc) is 2.49. The van der Waals surface area contributed by atoms with Gasteiger partial charge in [-0.25, -0.2) is 0 Å². The number of carbonyl (C=O) groups excluding carboxylic acids is 1. The van der Waals surface area contributed by atoms with Gasteiger partial charge < -0.3 is 5.32 Å². The summed E-state index contributed by atoms with van der Waals surface area (Å²) in [4.78, 5) is 11.8. The highest BCUT2D eigenvalue weighted by Gasteiger charge is 2.05. The summed E-state index contributed by atoms with van der Waals surface area (Å²) in [7, 11) is 0. The van der Waals surface area contributed by atoms with E-state index in [1.165, 1.54) is 11.8 Å². The third kappa shape index (κ3) is 4.82. The Morgan fingerprint density at radius 3 is 2.81 bits per heavy atom. The van der Waals surface area contributed by atoms with Crippen molar-refractivity contribution in [3.63, 3.8) is 0 Å². The third-order valence-corrected chi connectivity index (χ3v) is 4.07. The molecule has 0 radical (unpaired) electrons. The van der Waals surface area contributed by atoms with Crippen molar-refractivity contribution in [3.8, 4) is 6.07 Å². The van der Waals surface area contributed by atoms with Gasteiger partial charge in [-0.1, -0.05) is 35.9 Å². The van der Waals surface area contributed by atoms with Crippen LogP contribution in [-0.2, 0) is 10.5 Å². The van der Waals surface area contributed by atoms with Crippen molar-refractivity contribution < 1.29 is 4.79 Å². The van der Waals surface area contributed by atoms with E-state index in [4.69, 9.17) is 16.9 Å². The van der Waals surface area contributed by atoms with Crippen LogP contribution in [-0.4, -0.2) is 11.7 Å². The molecule has 3 nitrogen and oxygen atoms in total. The summed E-state index contributed by atoms with van der Waals surface area (Å²) in [5.74, 6) is 0.926. The van der Waals surface area contributed by atoms with Crippen LogP contribution in [0.25, 0.3) is 0 Å². The van der Waals surface area contributed by atoms with Gasteiger partial charge in [-0.05, 0) is 29.8 Å². The number of carbonyl (C=O) groups is 1. The summed E-state index contributed by atoms with van der Waals surface area (Å²) in [6.45, 7) is 0. The average molecular weight is 317 g/mol. The predicted molar refractivity (Wildman–Crippen MR) is 87.4 cm³/mol. The minimum Gasteiger partial charge on any atom is -0.325 e. The van der Waals surface area contributed by atoms with Gasteiger partial charge in [0.25, 0.3) is 0 Å². The lowest BCUT2D eigenvalue weighted by Crippen LogP contribution is -2.14. The Labute approximate surface area is 132 Å². The first-order valence-corrected chi connectivity index (χ1v) is 7.83. The maximum atomic E-state index is 11.8. The van der Waals surface area contributed by atoms with E-state index >= 15 is 0 Å². The molecule has 0 fully saturated rings. The SMILES string of the molecule is N#Cc1cccc(NC(=O)CSCc2ccccc2Cl)c1. The number of rotatable bonds is 5. The molecule has 2 aromatic rings. The highest BCUT2D eigenvalue weighted by molar-refractivity contribution is 7.99. The van der Waals surface area contributed by atoms with Crippen LogP contribution in [0.2, 0.25) is 5.02 Å². The Bertz CT molecular complexity index is 682. The molecule has 0 heterocycles. The minimum absolute atomic E-state index is 0.0952. The molecule has 0 aliphatic rings. The molecule has 2 aromatic carbocycles. The molecule has 0 aromatic heterocycles. The second-order valence-corrected chi connectivity index (χ2v) is 5.72. The second-order valence-electron chi connectivity index (χ2n) is 4.32. The number of nitriles is 1. The van der Waals surface area contributed by atoms with Crippen molar-refractivity contribution in [2.45, 2.75) is 5.75 Å². The normalized spacial score (nSPS) is 9.90. The first-order valence-electron chi connectivity index (χ1n) is 6.30. The summed E-state index contributed by atoms with van der Waals surface area (Å²) in [5, 5.41) is 12.3. The minimum atomic E-state index is -0.0952. The highest BCUT2D eigenvalue weighted by Crippen LogP contribution is 2.20. The zero-order valence-corrected chi connectivity index (χ0v) is 12.7. The van der Waals surface area contributed by atoms with E-state index in [1.54, 1.807) is 24.3 Å². The Hall–Kier alpha value is -1.96. The Balaban J connectivity index is 1.83. The molecular weight excluding hydrogens is 304 g/mol. The largest absolute Gasteiger partial charge is 0.325 e. The molecule has 21 heavy (non-hydrogen) atoms. The van der Waals surface area contributed by atoms with Gasteiger partial charge in [0.2, 0.25) is 5.91 Å². The number of anilines is 1. The maximum absolute atomic E-state index is 11.8. The van der Waals surface area contributed by atoms with Crippen LogP contribution in [0.5, 0.6) is 0 Å². The molecular formula is C16H13ClN2OS. The standard InChI is InChI=1S/C16H13ClN2OS/c17-15-7-2-1-5-13(15)10-21-11-16(20)19-14-6-3-4-12(8-14)9-18/h1-8H,10-11H2,(H,19,20). The van der Waals surface area contributed by atoms with E-state index in [2.05, 4.69) is 5.32 Å². The molecule has 0 saturated heterocycles. The molecule has 0 saturated carbocycles. The van der Waals surface area contributed by atoms with Crippen molar-refractivity contribution in [2.75, 3.05) is 11.1 Å². The first-order chi connectivity index (χ1) is 10.2. The van der Waals surface area contributed by atoms with Crippen LogP contribution in [0.3, 0.4) is 0 Å². The van der Waals surface area contributed by atoms with Gasteiger partial charge in [0.15, 0.2) is 0 Å². The van der Waals surface area contributed by atoms with Crippen LogP contribution in [0.4, 0.5) is 5.69 Å². The summed E-state index contributed by atoms with van der Waals surface area (Å²) >= 11 is 7.55. The summed E-state index contributed by atoms with van der Waals surface area (Å²) in [5.41, 5.74) is 2.18. The lowest BCUT2D eigenvalue weighted by Gasteiger charge is -2.06. The van der Waals surface area contributed by atoms with Crippen LogP contribution >= 0.6 is 23.4 Å². The van der Waals surface area contributed by atoms with E-state index in [1.807, 2.05) is 30.3 Å². The van der Waals surface area contributed by atoms with Crippen LogP contribution in [0, 0.1) is 11.3 Å². The molecule has 0 unspecified atom stereocenters. The van der Waals surface area contributed by atoms with Crippen LogP contribution < -0.4 is 5.32 Å². The molecule has 0 bridgehead atoms. The number of amides is 1. The summed E-state index contributed by atoms with van der Waals surface area (Å²) < 4.78 is 0. The van der Waals surface area contributed by atoms with Gasteiger partial charge in [0.1, 0.15) is 0 Å². The summed E-state index contributed by atoms with van der Waals surface area (Å²) in [6, 6.07) is 16.5. The molecule has 5 heteroatoms. The molecule has 2 rings (SSSR count). The smallest absolute Gasteiger partial charge is 0.234 e. The quantitative estimate of drug-likeness (QED) is 0.904. The van der Waals surface area contributed by atoms with Crippen LogP contribution in [0.1, 0.15) is 11.1 Å². The van der Waals surface area contributed by atoms with E-state index in [-0.39, 0.29) is 5.91 Å². The van der Waals surface area contributed by atoms with E-state index < -0.39 is 0 Å². The molecule has 0 aliphatic heterocycles. The van der Waals surface area contributed by atoms with Gasteiger partial charge in [0.05, 0.1) is 17.4 Å². The van der Waals surface area contributed by atoms with Crippen molar-refractivity contribution in [2.24, 2.45) is 0 Å². The van der Waals surface area contributed by atoms with Gasteiger partial charge in [0, 0.05) is 16.5 Å². The fourth-order valence-corrected chi connectivity index (χ4v) is 2.85. The van der Waals surface area contributed by atoms with Crippen LogP contribution in [0.15, 0.2) is 48.5 Å². The molecule has 0 spiro atoms. The fourth-order valence-electron chi connectivity index (χ4n) is 1.73. The Morgan fingerprint density at radius 2 is 2.05 bits per heavy atom. The van der Waals surface area contributed by atoms with E-state index in [0.29, 0.717) is 27.8 Å². The van der Waals surface area contributed by atoms with Gasteiger partial charge in [-0.3, -0.25) is 4.79 Å². The number of thioether (sulfide) groups is 1. The monoisotopic (exact) mass is 316 g/mol.